The molecule has 0 fully saturated rings. The van der Waals surface area contributed by atoms with Crippen LogP contribution in [0.3, 0.4) is 0 Å². The van der Waals surface area contributed by atoms with E-state index in [1.54, 1.807) is 31.2 Å². The summed E-state index contributed by atoms with van der Waals surface area (Å²) in [5.74, 6) is -0.119. The highest BCUT2D eigenvalue weighted by molar-refractivity contribution is 5.70. The molecule has 1 rings (SSSR count). The van der Waals surface area contributed by atoms with Gasteiger partial charge in [0.1, 0.15) is 17.6 Å². The third-order valence-corrected chi connectivity index (χ3v) is 1.95. The molecule has 0 aliphatic carbocycles. The first-order valence-electron chi connectivity index (χ1n) is 4.69. The fourth-order valence-electron chi connectivity index (χ4n) is 1.14. The Morgan fingerprint density at radius 2 is 2.13 bits per heavy atom. The zero-order chi connectivity index (χ0) is 11.3. The highest BCUT2D eigenvalue weighted by Crippen LogP contribution is 2.20. The van der Waals surface area contributed by atoms with E-state index in [9.17, 15) is 9.90 Å². The van der Waals surface area contributed by atoms with Gasteiger partial charge in [0, 0.05) is 6.07 Å². The number of rotatable bonds is 5. The van der Waals surface area contributed by atoms with Crippen molar-refractivity contribution in [1.82, 2.24) is 0 Å². The molecule has 0 spiro atoms. The molecule has 0 aliphatic heterocycles. The van der Waals surface area contributed by atoms with Crippen molar-refractivity contribution in [3.63, 3.8) is 0 Å². The van der Waals surface area contributed by atoms with Crippen LogP contribution in [0.2, 0.25) is 0 Å². The Bertz CT molecular complexity index is 335. The number of hydrogen-bond donors (Lipinski definition) is 0. The Balaban J connectivity index is 2.74. The summed E-state index contributed by atoms with van der Waals surface area (Å²) >= 11 is 0. The number of carbonyl (C=O) groups excluding carboxylic acids is 1. The standard InChI is InChI=1S/C11H14O4/c1-3-10(11(12)13)15-9-6-4-5-8(7-9)14-2/h4-7,10H,3H2,1-2H3,(H,12,13)/p-1/t10-/m0/s1. The van der Waals surface area contributed by atoms with Crippen LogP contribution >= 0.6 is 0 Å². The van der Waals surface area contributed by atoms with Crippen molar-refractivity contribution < 1.29 is 19.4 Å². The minimum atomic E-state index is -1.21. The third kappa shape index (κ3) is 3.16. The number of benzene rings is 1. The van der Waals surface area contributed by atoms with E-state index in [-0.39, 0.29) is 0 Å². The van der Waals surface area contributed by atoms with Crippen LogP contribution < -0.4 is 14.6 Å². The van der Waals surface area contributed by atoms with E-state index in [0.717, 1.165) is 0 Å². The molecule has 4 nitrogen and oxygen atoms in total. The van der Waals surface area contributed by atoms with Crippen molar-refractivity contribution in [2.24, 2.45) is 0 Å². The molecule has 15 heavy (non-hydrogen) atoms. The zero-order valence-corrected chi connectivity index (χ0v) is 8.73. The summed E-state index contributed by atoms with van der Waals surface area (Å²) in [5, 5.41) is 10.6. The molecule has 0 amide bonds. The fraction of sp³-hybridized carbons (Fsp3) is 0.364. The van der Waals surface area contributed by atoms with Gasteiger partial charge in [0.05, 0.1) is 13.1 Å². The van der Waals surface area contributed by atoms with E-state index in [1.807, 2.05) is 0 Å². The second-order valence-corrected chi connectivity index (χ2v) is 3.01. The summed E-state index contributed by atoms with van der Waals surface area (Å²) in [6.07, 6.45) is -0.559. The molecule has 0 heterocycles. The van der Waals surface area contributed by atoms with Gasteiger partial charge < -0.3 is 19.4 Å². The zero-order valence-electron chi connectivity index (χ0n) is 8.73. The molecular weight excluding hydrogens is 196 g/mol. The minimum absolute atomic E-state index is 0.361. The van der Waals surface area contributed by atoms with Gasteiger partial charge in [-0.15, -0.1) is 0 Å². The summed E-state index contributed by atoms with van der Waals surface area (Å²) < 4.78 is 10.2. The van der Waals surface area contributed by atoms with Gasteiger partial charge in [-0.2, -0.15) is 0 Å². The average molecular weight is 209 g/mol. The molecular formula is C11H13O4-. The molecule has 1 aromatic rings. The molecule has 0 N–H and O–H groups in total. The number of hydrogen-bond acceptors (Lipinski definition) is 4. The van der Waals surface area contributed by atoms with Crippen LogP contribution in [0.5, 0.6) is 11.5 Å². The molecule has 82 valence electrons. The van der Waals surface area contributed by atoms with Crippen LogP contribution in [-0.2, 0) is 4.79 Å². The molecule has 1 atom stereocenters. The fourth-order valence-corrected chi connectivity index (χ4v) is 1.14. The Kier molecular flexibility index (Phi) is 3.97. The number of methoxy groups -OCH3 is 1. The Labute approximate surface area is 88.4 Å². The summed E-state index contributed by atoms with van der Waals surface area (Å²) in [6, 6.07) is 6.79. The maximum Gasteiger partial charge on any atom is 0.138 e. The predicted octanol–water partition coefficient (Wildman–Crippen LogP) is 0.602. The smallest absolute Gasteiger partial charge is 0.138 e. The number of aliphatic carboxylic acids is 1. The molecule has 0 saturated carbocycles. The van der Waals surface area contributed by atoms with Gasteiger partial charge in [-0.05, 0) is 18.6 Å². The van der Waals surface area contributed by atoms with Crippen molar-refractivity contribution >= 4 is 5.97 Å². The van der Waals surface area contributed by atoms with Crippen LogP contribution in [0.15, 0.2) is 24.3 Å². The average Bonchev–Trinajstić information content (AvgIpc) is 2.25. The molecule has 0 radical (unpaired) electrons. The summed E-state index contributed by atoms with van der Waals surface area (Å²) in [7, 11) is 1.54. The quantitative estimate of drug-likeness (QED) is 0.712. The summed E-state index contributed by atoms with van der Waals surface area (Å²) in [4.78, 5) is 10.6. The first kappa shape index (κ1) is 11.4. The lowest BCUT2D eigenvalue weighted by Gasteiger charge is -2.18. The Morgan fingerprint density at radius 3 is 2.67 bits per heavy atom. The van der Waals surface area contributed by atoms with Crippen LogP contribution in [0, 0.1) is 0 Å². The predicted molar refractivity (Wildman–Crippen MR) is 52.7 cm³/mol. The van der Waals surface area contributed by atoms with Gasteiger partial charge in [-0.25, -0.2) is 0 Å². The van der Waals surface area contributed by atoms with Gasteiger partial charge in [0.25, 0.3) is 0 Å². The van der Waals surface area contributed by atoms with Gasteiger partial charge in [-0.1, -0.05) is 13.0 Å². The highest BCUT2D eigenvalue weighted by atomic mass is 16.5. The number of ether oxygens (including phenoxy) is 2. The topological polar surface area (TPSA) is 58.6 Å². The first-order chi connectivity index (χ1) is 7.17. The molecule has 0 aliphatic rings. The molecule has 0 bridgehead atoms. The number of carbonyl (C=O) groups is 1. The number of carboxylic acid groups (broad SMARTS) is 1. The Hall–Kier alpha value is -1.71. The number of carboxylic acids is 1. The van der Waals surface area contributed by atoms with E-state index in [0.29, 0.717) is 17.9 Å². The van der Waals surface area contributed by atoms with E-state index in [1.165, 1.54) is 7.11 Å². The van der Waals surface area contributed by atoms with Crippen molar-refractivity contribution in [3.05, 3.63) is 24.3 Å². The maximum atomic E-state index is 10.6. The van der Waals surface area contributed by atoms with Crippen LogP contribution in [0.4, 0.5) is 0 Å². The first-order valence-corrected chi connectivity index (χ1v) is 4.69. The van der Waals surface area contributed by atoms with Crippen molar-refractivity contribution in [3.8, 4) is 11.5 Å². The second-order valence-electron chi connectivity index (χ2n) is 3.01. The summed E-state index contributed by atoms with van der Waals surface area (Å²) in [5.41, 5.74) is 0. The molecule has 4 heteroatoms. The van der Waals surface area contributed by atoms with Crippen molar-refractivity contribution in [1.29, 1.82) is 0 Å². The minimum Gasteiger partial charge on any atom is -0.546 e. The SMILES string of the molecule is CC[C@H](Oc1cccc(OC)c1)C(=O)[O-]. The highest BCUT2D eigenvalue weighted by Gasteiger charge is 2.09. The van der Waals surface area contributed by atoms with Crippen molar-refractivity contribution in [2.75, 3.05) is 7.11 Å². The monoisotopic (exact) mass is 209 g/mol. The largest absolute Gasteiger partial charge is 0.546 e. The lowest BCUT2D eigenvalue weighted by Crippen LogP contribution is -2.39. The molecule has 1 aromatic carbocycles. The second kappa shape index (κ2) is 5.24. The normalized spacial score (nSPS) is 11.9. The third-order valence-electron chi connectivity index (χ3n) is 1.95. The van der Waals surface area contributed by atoms with E-state index < -0.39 is 12.1 Å². The van der Waals surface area contributed by atoms with Gasteiger partial charge in [-0.3, -0.25) is 0 Å². The van der Waals surface area contributed by atoms with Crippen LogP contribution in [-0.4, -0.2) is 19.2 Å². The molecule has 0 aromatic heterocycles. The van der Waals surface area contributed by atoms with Gasteiger partial charge >= 0.3 is 0 Å². The van der Waals surface area contributed by atoms with Crippen LogP contribution in [0.1, 0.15) is 13.3 Å². The van der Waals surface area contributed by atoms with Crippen molar-refractivity contribution in [2.45, 2.75) is 19.4 Å². The lowest BCUT2D eigenvalue weighted by molar-refractivity contribution is -0.313. The molecule has 0 unspecified atom stereocenters. The van der Waals surface area contributed by atoms with Gasteiger partial charge in [0.2, 0.25) is 0 Å². The Morgan fingerprint density at radius 1 is 1.47 bits per heavy atom. The van der Waals surface area contributed by atoms with E-state index in [4.69, 9.17) is 9.47 Å². The lowest BCUT2D eigenvalue weighted by atomic mass is 10.2. The maximum absolute atomic E-state index is 10.6. The van der Waals surface area contributed by atoms with Crippen LogP contribution in [0.25, 0.3) is 0 Å². The van der Waals surface area contributed by atoms with Gasteiger partial charge in [0.15, 0.2) is 0 Å². The summed E-state index contributed by atoms with van der Waals surface area (Å²) in [6.45, 7) is 1.72. The van der Waals surface area contributed by atoms with E-state index in [2.05, 4.69) is 0 Å². The molecule has 0 saturated heterocycles. The van der Waals surface area contributed by atoms with E-state index >= 15 is 0 Å².